The maximum Gasteiger partial charge on any atom is 0.262 e. The van der Waals surface area contributed by atoms with Crippen molar-refractivity contribution < 1.29 is 18.0 Å². The molecule has 4 aromatic carbocycles. The number of carbonyl (C=O) groups excluding carboxylic acids is 2. The Labute approximate surface area is 229 Å². The van der Waals surface area contributed by atoms with E-state index in [0.717, 1.165) is 16.7 Å². The number of aryl methyl sites for hydroxylation is 2. The summed E-state index contributed by atoms with van der Waals surface area (Å²) in [6.45, 7) is 7.31. The van der Waals surface area contributed by atoms with Crippen LogP contribution in [-0.2, 0) is 10.0 Å². The fraction of sp³-hybridized carbons (Fsp3) is 0.161. The summed E-state index contributed by atoms with van der Waals surface area (Å²) in [5.41, 5.74) is 4.48. The zero-order valence-corrected chi connectivity index (χ0v) is 23.1. The van der Waals surface area contributed by atoms with Crippen LogP contribution in [0.5, 0.6) is 0 Å². The second kappa shape index (κ2) is 11.5. The summed E-state index contributed by atoms with van der Waals surface area (Å²) in [6, 6.07) is 25.9. The zero-order valence-electron chi connectivity index (χ0n) is 22.3. The first-order chi connectivity index (χ1) is 18.6. The van der Waals surface area contributed by atoms with E-state index in [9.17, 15) is 18.0 Å². The molecule has 7 nitrogen and oxygen atoms in total. The van der Waals surface area contributed by atoms with Crippen molar-refractivity contribution in [1.29, 1.82) is 0 Å². The topological polar surface area (TPSA) is 104 Å². The second-order valence-electron chi connectivity index (χ2n) is 9.44. The lowest BCUT2D eigenvalue weighted by Gasteiger charge is -2.17. The fourth-order valence-corrected chi connectivity index (χ4v) is 5.57. The van der Waals surface area contributed by atoms with Crippen molar-refractivity contribution in [1.82, 2.24) is 5.32 Å². The largest absolute Gasteiger partial charge is 0.345 e. The Hall–Kier alpha value is -4.43. The SMILES string of the molecule is Cc1ccc(C(=O)Nc2ccccc2C(=O)N[C@@H](C)c2ccccc2)cc1S(=O)(=O)Nc1cccc(C)c1C. The summed E-state index contributed by atoms with van der Waals surface area (Å²) in [5.74, 6) is -0.873. The lowest BCUT2D eigenvalue weighted by molar-refractivity contribution is 0.0940. The van der Waals surface area contributed by atoms with Crippen molar-refractivity contribution in [2.45, 2.75) is 38.6 Å². The normalized spacial score (nSPS) is 11.9. The van der Waals surface area contributed by atoms with Gasteiger partial charge in [0.15, 0.2) is 0 Å². The molecule has 0 aromatic heterocycles. The Bertz CT molecular complexity index is 1630. The highest BCUT2D eigenvalue weighted by atomic mass is 32.2. The van der Waals surface area contributed by atoms with Gasteiger partial charge in [-0.2, -0.15) is 0 Å². The molecule has 0 radical (unpaired) electrons. The van der Waals surface area contributed by atoms with Gasteiger partial charge in [0.2, 0.25) is 0 Å². The Morgan fingerprint density at radius 2 is 1.38 bits per heavy atom. The Morgan fingerprint density at radius 1 is 0.718 bits per heavy atom. The summed E-state index contributed by atoms with van der Waals surface area (Å²) in [7, 11) is -3.97. The molecule has 0 aliphatic carbocycles. The minimum atomic E-state index is -3.97. The summed E-state index contributed by atoms with van der Waals surface area (Å²) in [6.07, 6.45) is 0. The van der Waals surface area contributed by atoms with Crippen LogP contribution in [0.15, 0.2) is 95.9 Å². The molecule has 0 spiro atoms. The Balaban J connectivity index is 1.56. The molecule has 200 valence electrons. The van der Waals surface area contributed by atoms with E-state index in [1.807, 2.05) is 57.2 Å². The van der Waals surface area contributed by atoms with Gasteiger partial charge in [-0.25, -0.2) is 8.42 Å². The number of hydrogen-bond donors (Lipinski definition) is 3. The van der Waals surface area contributed by atoms with Crippen LogP contribution in [0.3, 0.4) is 0 Å². The molecule has 4 aromatic rings. The number of nitrogens with one attached hydrogen (secondary N) is 3. The predicted molar refractivity (Wildman–Crippen MR) is 155 cm³/mol. The second-order valence-corrected chi connectivity index (χ2v) is 11.1. The molecule has 0 bridgehead atoms. The number of benzene rings is 4. The summed E-state index contributed by atoms with van der Waals surface area (Å²) in [5, 5.41) is 5.73. The fourth-order valence-electron chi connectivity index (χ4n) is 4.18. The van der Waals surface area contributed by atoms with Gasteiger partial charge in [0.25, 0.3) is 21.8 Å². The van der Waals surface area contributed by atoms with E-state index in [0.29, 0.717) is 22.5 Å². The minimum absolute atomic E-state index is 0.00114. The predicted octanol–water partition coefficient (Wildman–Crippen LogP) is 6.16. The molecule has 39 heavy (non-hydrogen) atoms. The maximum absolute atomic E-state index is 13.3. The minimum Gasteiger partial charge on any atom is -0.345 e. The summed E-state index contributed by atoms with van der Waals surface area (Å²) < 4.78 is 29.2. The number of anilines is 2. The van der Waals surface area contributed by atoms with Gasteiger partial charge in [0.05, 0.1) is 27.9 Å². The van der Waals surface area contributed by atoms with Gasteiger partial charge in [-0.15, -0.1) is 0 Å². The molecule has 0 unspecified atom stereocenters. The molecule has 8 heteroatoms. The van der Waals surface area contributed by atoms with E-state index in [4.69, 9.17) is 0 Å². The number of amides is 2. The highest BCUT2D eigenvalue weighted by Crippen LogP contribution is 2.25. The van der Waals surface area contributed by atoms with E-state index in [1.54, 1.807) is 55.5 Å². The standard InChI is InChI=1S/C31H31N3O4S/c1-20-11-10-16-27(22(20)3)34-39(37,38)29-19-25(18-17-21(29)2)30(35)33-28-15-9-8-14-26(28)31(36)32-23(4)24-12-6-5-7-13-24/h5-19,23,34H,1-4H3,(H,32,36)(H,33,35)/t23-/m0/s1. The zero-order chi connectivity index (χ0) is 28.2. The molecule has 4 rings (SSSR count). The first kappa shape index (κ1) is 27.6. The van der Waals surface area contributed by atoms with Gasteiger partial charge in [0, 0.05) is 5.56 Å². The maximum atomic E-state index is 13.3. The number of sulfonamides is 1. The summed E-state index contributed by atoms with van der Waals surface area (Å²) >= 11 is 0. The van der Waals surface area contributed by atoms with Crippen LogP contribution >= 0.6 is 0 Å². The van der Waals surface area contributed by atoms with Crippen LogP contribution < -0.4 is 15.4 Å². The van der Waals surface area contributed by atoms with Crippen molar-refractivity contribution in [2.75, 3.05) is 10.0 Å². The van der Waals surface area contributed by atoms with Crippen LogP contribution in [0.1, 0.15) is 55.9 Å². The monoisotopic (exact) mass is 541 g/mol. The quantitative estimate of drug-likeness (QED) is 0.249. The molecule has 0 heterocycles. The number of hydrogen-bond acceptors (Lipinski definition) is 4. The van der Waals surface area contributed by atoms with Crippen molar-refractivity contribution in [3.8, 4) is 0 Å². The number of para-hydroxylation sites is 1. The number of carbonyl (C=O) groups is 2. The highest BCUT2D eigenvalue weighted by Gasteiger charge is 2.22. The molecule has 0 aliphatic heterocycles. The molecule has 3 N–H and O–H groups in total. The highest BCUT2D eigenvalue weighted by molar-refractivity contribution is 7.92. The Kier molecular flexibility index (Phi) is 8.16. The van der Waals surface area contributed by atoms with E-state index >= 15 is 0 Å². The third-order valence-electron chi connectivity index (χ3n) is 6.66. The first-order valence-electron chi connectivity index (χ1n) is 12.5. The lowest BCUT2D eigenvalue weighted by atomic mass is 10.1. The van der Waals surface area contributed by atoms with Gasteiger partial charge >= 0.3 is 0 Å². The van der Waals surface area contributed by atoms with E-state index in [-0.39, 0.29) is 22.4 Å². The molecular weight excluding hydrogens is 510 g/mol. The van der Waals surface area contributed by atoms with Crippen molar-refractivity contribution in [2.24, 2.45) is 0 Å². The molecule has 0 fully saturated rings. The van der Waals surface area contributed by atoms with Gasteiger partial charge in [-0.3, -0.25) is 14.3 Å². The van der Waals surface area contributed by atoms with Crippen LogP contribution in [0.25, 0.3) is 0 Å². The van der Waals surface area contributed by atoms with Crippen molar-refractivity contribution >= 4 is 33.2 Å². The lowest BCUT2D eigenvalue weighted by Crippen LogP contribution is -2.28. The Morgan fingerprint density at radius 3 is 2.13 bits per heavy atom. The van der Waals surface area contributed by atoms with Gasteiger partial charge in [-0.1, -0.05) is 60.7 Å². The number of rotatable bonds is 8. The first-order valence-corrected chi connectivity index (χ1v) is 14.0. The third kappa shape index (κ3) is 6.35. The van der Waals surface area contributed by atoms with Crippen LogP contribution in [0.2, 0.25) is 0 Å². The summed E-state index contributed by atoms with van der Waals surface area (Å²) in [4.78, 5) is 26.3. The van der Waals surface area contributed by atoms with E-state index in [1.165, 1.54) is 6.07 Å². The molecule has 0 saturated heterocycles. The molecule has 1 atom stereocenters. The van der Waals surface area contributed by atoms with Crippen LogP contribution in [0, 0.1) is 20.8 Å². The van der Waals surface area contributed by atoms with Gasteiger partial charge in [0.1, 0.15) is 0 Å². The third-order valence-corrected chi connectivity index (χ3v) is 8.16. The smallest absolute Gasteiger partial charge is 0.262 e. The van der Waals surface area contributed by atoms with E-state index in [2.05, 4.69) is 15.4 Å². The van der Waals surface area contributed by atoms with E-state index < -0.39 is 15.9 Å². The van der Waals surface area contributed by atoms with Crippen LogP contribution in [0.4, 0.5) is 11.4 Å². The van der Waals surface area contributed by atoms with Gasteiger partial charge in [-0.05, 0) is 80.3 Å². The van der Waals surface area contributed by atoms with Crippen molar-refractivity contribution in [3.63, 3.8) is 0 Å². The average molecular weight is 542 g/mol. The molecular formula is C31H31N3O4S. The molecule has 2 amide bonds. The van der Waals surface area contributed by atoms with Crippen molar-refractivity contribution in [3.05, 3.63) is 124 Å². The van der Waals surface area contributed by atoms with Crippen LogP contribution in [-0.4, -0.2) is 20.2 Å². The molecule has 0 saturated carbocycles. The van der Waals surface area contributed by atoms with Gasteiger partial charge < -0.3 is 10.6 Å². The molecule has 0 aliphatic rings. The average Bonchev–Trinajstić information content (AvgIpc) is 2.92.